The van der Waals surface area contributed by atoms with Gasteiger partial charge in [0.05, 0.1) is 19.0 Å². The molecule has 1 fully saturated rings. The lowest BCUT2D eigenvalue weighted by Crippen LogP contribution is -2.41. The number of sulfonamides is 1. The van der Waals surface area contributed by atoms with Gasteiger partial charge in [0.1, 0.15) is 6.04 Å². The van der Waals surface area contributed by atoms with Crippen LogP contribution in [0.15, 0.2) is 16.8 Å². The first-order chi connectivity index (χ1) is 9.47. The number of esters is 1. The van der Waals surface area contributed by atoms with Crippen molar-refractivity contribution in [3.8, 4) is 0 Å². The first-order valence-electron chi connectivity index (χ1n) is 6.09. The molecule has 0 saturated carbocycles. The lowest BCUT2D eigenvalue weighted by molar-refractivity contribution is -0.144. The highest BCUT2D eigenvalue weighted by Crippen LogP contribution is 2.26. The highest BCUT2D eigenvalue weighted by atomic mass is 32.2. The molecule has 0 spiro atoms. The molecule has 0 amide bonds. The molecule has 112 valence electrons. The lowest BCUT2D eigenvalue weighted by Gasteiger charge is -2.21. The zero-order valence-electron chi connectivity index (χ0n) is 11.3. The predicted octanol–water partition coefficient (Wildman–Crippen LogP) is 0.840. The zero-order chi connectivity index (χ0) is 14.8. The van der Waals surface area contributed by atoms with Gasteiger partial charge < -0.3 is 9.47 Å². The van der Waals surface area contributed by atoms with E-state index in [4.69, 9.17) is 4.74 Å². The van der Waals surface area contributed by atoms with Gasteiger partial charge in [-0.15, -0.1) is 0 Å². The summed E-state index contributed by atoms with van der Waals surface area (Å²) in [5.41, 5.74) is 0.722. The Morgan fingerprint density at radius 2 is 2.25 bits per heavy atom. The Bertz CT molecular complexity index is 554. The lowest BCUT2D eigenvalue weighted by atomic mass is 10.2. The summed E-state index contributed by atoms with van der Waals surface area (Å²) in [6, 6.07) is 0.966. The van der Waals surface area contributed by atoms with Crippen LogP contribution in [0.25, 0.3) is 0 Å². The average Bonchev–Trinajstić information content (AvgIpc) is 3.06. The minimum atomic E-state index is -3.57. The molecule has 0 aliphatic carbocycles. The normalized spacial score (nSPS) is 23.9. The van der Waals surface area contributed by atoms with Gasteiger partial charge in [-0.3, -0.25) is 4.79 Å². The van der Waals surface area contributed by atoms with Crippen molar-refractivity contribution in [2.45, 2.75) is 24.3 Å². The molecule has 20 heavy (non-hydrogen) atoms. The van der Waals surface area contributed by atoms with E-state index in [0.717, 1.165) is 5.56 Å². The molecule has 1 aliphatic heterocycles. The maximum Gasteiger partial charge on any atom is 0.324 e. The molecule has 2 atom stereocenters. The van der Waals surface area contributed by atoms with Crippen molar-refractivity contribution in [2.24, 2.45) is 0 Å². The quantitative estimate of drug-likeness (QED) is 0.752. The van der Waals surface area contributed by atoms with Gasteiger partial charge in [0, 0.05) is 20.1 Å². The minimum Gasteiger partial charge on any atom is -0.468 e. The van der Waals surface area contributed by atoms with Crippen LogP contribution in [0.2, 0.25) is 0 Å². The summed E-state index contributed by atoms with van der Waals surface area (Å²) < 4.78 is 36.0. The van der Waals surface area contributed by atoms with E-state index in [1.807, 2.05) is 5.38 Å². The van der Waals surface area contributed by atoms with Crippen LogP contribution in [0.3, 0.4) is 0 Å². The van der Waals surface area contributed by atoms with Crippen LogP contribution in [-0.4, -0.2) is 51.6 Å². The van der Waals surface area contributed by atoms with E-state index >= 15 is 0 Å². The number of hydrogen-bond acceptors (Lipinski definition) is 6. The monoisotopic (exact) mass is 319 g/mol. The number of hydrogen-bond donors (Lipinski definition) is 0. The van der Waals surface area contributed by atoms with Crippen LogP contribution < -0.4 is 0 Å². The van der Waals surface area contributed by atoms with Crippen LogP contribution in [-0.2, 0) is 30.0 Å². The summed E-state index contributed by atoms with van der Waals surface area (Å²) in [5, 5.41) is 3.61. The predicted molar refractivity (Wildman–Crippen MR) is 74.9 cm³/mol. The first kappa shape index (κ1) is 15.4. The van der Waals surface area contributed by atoms with Gasteiger partial charge in [-0.2, -0.15) is 15.6 Å². The van der Waals surface area contributed by atoms with Crippen LogP contribution in [0.1, 0.15) is 12.0 Å². The molecule has 1 aromatic rings. The Hall–Kier alpha value is -0.960. The third-order valence-corrected chi connectivity index (χ3v) is 5.86. The fraction of sp³-hybridized carbons (Fsp3) is 0.583. The Morgan fingerprint density at radius 1 is 1.50 bits per heavy atom. The van der Waals surface area contributed by atoms with Gasteiger partial charge in [0.2, 0.25) is 10.0 Å². The van der Waals surface area contributed by atoms with E-state index in [0.29, 0.717) is 6.42 Å². The van der Waals surface area contributed by atoms with E-state index in [-0.39, 0.29) is 18.4 Å². The summed E-state index contributed by atoms with van der Waals surface area (Å²) in [7, 11) is -0.807. The fourth-order valence-electron chi connectivity index (χ4n) is 2.27. The van der Waals surface area contributed by atoms with Crippen molar-refractivity contribution in [3.63, 3.8) is 0 Å². The summed E-state index contributed by atoms with van der Waals surface area (Å²) in [6.45, 7) is 0.183. The zero-order valence-corrected chi connectivity index (χ0v) is 12.9. The number of methoxy groups -OCH3 is 2. The molecule has 1 aromatic heterocycles. The molecule has 6 nitrogen and oxygen atoms in total. The van der Waals surface area contributed by atoms with Gasteiger partial charge in [-0.05, 0) is 22.4 Å². The molecule has 0 bridgehead atoms. The van der Waals surface area contributed by atoms with Crippen molar-refractivity contribution >= 4 is 27.3 Å². The standard InChI is InChI=1S/C12H17NO5S2/c1-17-10-5-11(12(14)18-2)13(6-10)20(15,16)8-9-3-4-19-7-9/h3-4,7,10-11H,5-6,8H2,1-2H3/t10-,11-/m1/s1. The maximum absolute atomic E-state index is 12.5. The molecule has 8 heteroatoms. The van der Waals surface area contributed by atoms with Crippen molar-refractivity contribution in [1.82, 2.24) is 4.31 Å². The van der Waals surface area contributed by atoms with E-state index in [9.17, 15) is 13.2 Å². The molecule has 1 saturated heterocycles. The molecule has 0 N–H and O–H groups in total. The number of rotatable bonds is 5. The Kier molecular flexibility index (Phi) is 4.79. The van der Waals surface area contributed by atoms with Crippen molar-refractivity contribution in [1.29, 1.82) is 0 Å². The maximum atomic E-state index is 12.5. The van der Waals surface area contributed by atoms with Crippen LogP contribution in [0, 0.1) is 0 Å². The minimum absolute atomic E-state index is 0.111. The van der Waals surface area contributed by atoms with Gasteiger partial charge in [0.25, 0.3) is 0 Å². The summed E-state index contributed by atoms with van der Waals surface area (Å²) in [4.78, 5) is 11.8. The molecule has 2 rings (SSSR count). The summed E-state index contributed by atoms with van der Waals surface area (Å²) in [6.07, 6.45) is 0.0443. The Morgan fingerprint density at radius 3 is 2.80 bits per heavy atom. The molecular formula is C12H17NO5S2. The molecule has 0 unspecified atom stereocenters. The second-order valence-electron chi connectivity index (χ2n) is 4.59. The molecular weight excluding hydrogens is 302 g/mol. The second kappa shape index (κ2) is 6.21. The summed E-state index contributed by atoms with van der Waals surface area (Å²) in [5.74, 6) is -0.654. The van der Waals surface area contributed by atoms with Gasteiger partial charge in [-0.1, -0.05) is 0 Å². The number of ether oxygens (including phenoxy) is 2. The Labute approximate surface area is 122 Å². The number of carbonyl (C=O) groups is 1. The third kappa shape index (κ3) is 3.20. The van der Waals surface area contributed by atoms with Crippen molar-refractivity contribution in [2.75, 3.05) is 20.8 Å². The van der Waals surface area contributed by atoms with Crippen molar-refractivity contribution < 1.29 is 22.7 Å². The van der Waals surface area contributed by atoms with Crippen LogP contribution >= 0.6 is 11.3 Å². The second-order valence-corrected chi connectivity index (χ2v) is 7.29. The van der Waals surface area contributed by atoms with E-state index in [2.05, 4.69) is 4.74 Å². The number of carbonyl (C=O) groups excluding carboxylic acids is 1. The number of nitrogens with zero attached hydrogens (tertiary/aromatic N) is 1. The molecule has 0 radical (unpaired) electrons. The van der Waals surface area contributed by atoms with Gasteiger partial charge in [0.15, 0.2) is 0 Å². The summed E-state index contributed by atoms with van der Waals surface area (Å²) >= 11 is 1.44. The van der Waals surface area contributed by atoms with E-state index < -0.39 is 22.0 Å². The first-order valence-corrected chi connectivity index (χ1v) is 8.64. The molecule has 2 heterocycles. The van der Waals surface area contributed by atoms with Crippen molar-refractivity contribution in [3.05, 3.63) is 22.4 Å². The Balaban J connectivity index is 2.21. The molecule has 1 aliphatic rings. The average molecular weight is 319 g/mol. The number of thiophene rings is 1. The van der Waals surface area contributed by atoms with E-state index in [1.165, 1.54) is 29.9 Å². The largest absolute Gasteiger partial charge is 0.468 e. The van der Waals surface area contributed by atoms with Crippen LogP contribution in [0.4, 0.5) is 0 Å². The highest BCUT2D eigenvalue weighted by Gasteiger charge is 2.44. The highest BCUT2D eigenvalue weighted by molar-refractivity contribution is 7.88. The molecule has 0 aromatic carbocycles. The smallest absolute Gasteiger partial charge is 0.324 e. The van der Waals surface area contributed by atoms with Gasteiger partial charge in [-0.25, -0.2) is 8.42 Å². The van der Waals surface area contributed by atoms with E-state index in [1.54, 1.807) is 11.4 Å². The third-order valence-electron chi connectivity index (χ3n) is 3.31. The SMILES string of the molecule is COC(=O)[C@H]1C[C@@H](OC)CN1S(=O)(=O)Cc1ccsc1. The fourth-order valence-corrected chi connectivity index (χ4v) is 4.76. The van der Waals surface area contributed by atoms with Gasteiger partial charge >= 0.3 is 5.97 Å². The van der Waals surface area contributed by atoms with Crippen LogP contribution in [0.5, 0.6) is 0 Å². The topological polar surface area (TPSA) is 72.9 Å².